The number of benzene rings is 1. The van der Waals surface area contributed by atoms with E-state index in [1.807, 2.05) is 37.6 Å². The van der Waals surface area contributed by atoms with Gasteiger partial charge in [-0.25, -0.2) is 0 Å². The molecule has 1 aromatic heterocycles. The third kappa shape index (κ3) is 2.74. The monoisotopic (exact) mass is 246 g/mol. The van der Waals surface area contributed by atoms with Crippen molar-refractivity contribution in [3.05, 3.63) is 36.2 Å². The molecule has 96 valence electrons. The lowest BCUT2D eigenvalue weighted by Gasteiger charge is -2.11. The van der Waals surface area contributed by atoms with Crippen LogP contribution in [0.15, 0.2) is 30.6 Å². The second-order valence-corrected chi connectivity index (χ2v) is 4.12. The molecule has 18 heavy (non-hydrogen) atoms. The van der Waals surface area contributed by atoms with Crippen LogP contribution >= 0.6 is 0 Å². The van der Waals surface area contributed by atoms with Gasteiger partial charge in [0.05, 0.1) is 24.7 Å². The minimum absolute atomic E-state index is 0.645. The zero-order valence-electron chi connectivity index (χ0n) is 10.7. The van der Waals surface area contributed by atoms with Gasteiger partial charge in [-0.1, -0.05) is 6.07 Å². The van der Waals surface area contributed by atoms with E-state index in [1.165, 1.54) is 5.56 Å². The maximum atomic E-state index is 5.97. The Kier molecular flexibility index (Phi) is 3.72. The number of nitrogens with two attached hydrogens (primary N) is 1. The predicted octanol–water partition coefficient (Wildman–Crippen LogP) is 1.67. The van der Waals surface area contributed by atoms with Gasteiger partial charge in [-0.3, -0.25) is 4.68 Å². The second-order valence-electron chi connectivity index (χ2n) is 4.12. The number of ether oxygens (including phenoxy) is 1. The molecule has 0 aliphatic carbocycles. The van der Waals surface area contributed by atoms with Gasteiger partial charge >= 0.3 is 0 Å². The van der Waals surface area contributed by atoms with Gasteiger partial charge in [0.15, 0.2) is 0 Å². The number of para-hydroxylation sites is 1. The van der Waals surface area contributed by atoms with Crippen molar-refractivity contribution in [1.82, 2.24) is 9.78 Å². The molecule has 0 fully saturated rings. The molecule has 2 rings (SSSR count). The molecule has 0 amide bonds. The minimum Gasteiger partial charge on any atom is -0.495 e. The third-order valence-corrected chi connectivity index (χ3v) is 2.77. The number of aryl methyl sites for hydroxylation is 1. The average molecular weight is 246 g/mol. The smallest absolute Gasteiger partial charge is 0.143 e. The first-order valence-corrected chi connectivity index (χ1v) is 5.84. The summed E-state index contributed by atoms with van der Waals surface area (Å²) < 4.78 is 6.98. The molecule has 0 saturated carbocycles. The molecule has 0 atom stereocenters. The average Bonchev–Trinajstić information content (AvgIpc) is 2.77. The Labute approximate surface area is 107 Å². The van der Waals surface area contributed by atoms with Crippen molar-refractivity contribution in [2.75, 3.05) is 24.7 Å². The summed E-state index contributed by atoms with van der Waals surface area (Å²) in [5.74, 6) is 0.696. The molecular formula is C13H18N4O. The van der Waals surface area contributed by atoms with Crippen molar-refractivity contribution in [1.29, 1.82) is 0 Å². The highest BCUT2D eigenvalue weighted by Crippen LogP contribution is 2.28. The van der Waals surface area contributed by atoms with Gasteiger partial charge in [0.1, 0.15) is 5.75 Å². The maximum absolute atomic E-state index is 5.97. The summed E-state index contributed by atoms with van der Waals surface area (Å²) >= 11 is 0. The molecule has 3 N–H and O–H groups in total. The molecule has 5 nitrogen and oxygen atoms in total. The number of methoxy groups -OCH3 is 1. The molecule has 0 unspecified atom stereocenters. The Morgan fingerprint density at radius 3 is 2.94 bits per heavy atom. The van der Waals surface area contributed by atoms with Crippen LogP contribution in [0.2, 0.25) is 0 Å². The summed E-state index contributed by atoms with van der Waals surface area (Å²) in [6, 6.07) is 5.71. The molecule has 2 aromatic rings. The molecule has 5 heteroatoms. The summed E-state index contributed by atoms with van der Waals surface area (Å²) in [4.78, 5) is 0. The third-order valence-electron chi connectivity index (χ3n) is 2.77. The van der Waals surface area contributed by atoms with Crippen LogP contribution in [0.3, 0.4) is 0 Å². The van der Waals surface area contributed by atoms with Crippen LogP contribution in [0.25, 0.3) is 0 Å². The number of hydrogen-bond donors (Lipinski definition) is 2. The van der Waals surface area contributed by atoms with Crippen LogP contribution in [-0.2, 0) is 13.5 Å². The number of nitrogens with zero attached hydrogens (tertiary/aromatic N) is 2. The minimum atomic E-state index is 0.645. The maximum Gasteiger partial charge on any atom is 0.143 e. The first-order chi connectivity index (χ1) is 8.70. The van der Waals surface area contributed by atoms with Crippen molar-refractivity contribution in [3.8, 4) is 5.75 Å². The predicted molar refractivity (Wildman–Crippen MR) is 72.8 cm³/mol. The Bertz CT molecular complexity index is 521. The van der Waals surface area contributed by atoms with Crippen molar-refractivity contribution in [2.24, 2.45) is 7.05 Å². The summed E-state index contributed by atoms with van der Waals surface area (Å²) in [6.45, 7) is 0.809. The van der Waals surface area contributed by atoms with Gasteiger partial charge in [0.25, 0.3) is 0 Å². The van der Waals surface area contributed by atoms with E-state index in [0.717, 1.165) is 18.7 Å². The Hall–Kier alpha value is -2.17. The van der Waals surface area contributed by atoms with Crippen LogP contribution in [0.5, 0.6) is 5.75 Å². The van der Waals surface area contributed by atoms with Gasteiger partial charge in [-0.05, 0) is 24.1 Å². The topological polar surface area (TPSA) is 65.1 Å². The molecule has 0 aliphatic heterocycles. The van der Waals surface area contributed by atoms with Crippen LogP contribution in [0, 0.1) is 0 Å². The van der Waals surface area contributed by atoms with Crippen LogP contribution in [-0.4, -0.2) is 23.4 Å². The lowest BCUT2D eigenvalue weighted by molar-refractivity contribution is 0.417. The van der Waals surface area contributed by atoms with Crippen molar-refractivity contribution in [3.63, 3.8) is 0 Å². The van der Waals surface area contributed by atoms with Crippen molar-refractivity contribution >= 4 is 11.4 Å². The highest BCUT2D eigenvalue weighted by Gasteiger charge is 2.04. The lowest BCUT2D eigenvalue weighted by atomic mass is 10.2. The second kappa shape index (κ2) is 5.44. The molecule has 0 saturated heterocycles. The van der Waals surface area contributed by atoms with E-state index in [4.69, 9.17) is 10.5 Å². The van der Waals surface area contributed by atoms with E-state index in [2.05, 4.69) is 10.4 Å². The first kappa shape index (κ1) is 12.3. The van der Waals surface area contributed by atoms with Gasteiger partial charge in [-0.15, -0.1) is 0 Å². The number of aromatic nitrogens is 2. The zero-order chi connectivity index (χ0) is 13.0. The van der Waals surface area contributed by atoms with Gasteiger partial charge in [-0.2, -0.15) is 5.10 Å². The van der Waals surface area contributed by atoms with E-state index >= 15 is 0 Å². The van der Waals surface area contributed by atoms with Crippen molar-refractivity contribution in [2.45, 2.75) is 6.42 Å². The SMILES string of the molecule is COc1cccc(NCCc2cnn(C)c2)c1N. The number of anilines is 2. The largest absolute Gasteiger partial charge is 0.495 e. The van der Waals surface area contributed by atoms with Crippen LogP contribution in [0.1, 0.15) is 5.56 Å². The fourth-order valence-electron chi connectivity index (χ4n) is 1.82. The van der Waals surface area contributed by atoms with E-state index < -0.39 is 0 Å². The van der Waals surface area contributed by atoms with E-state index in [0.29, 0.717) is 11.4 Å². The van der Waals surface area contributed by atoms with Gasteiger partial charge < -0.3 is 15.8 Å². The fraction of sp³-hybridized carbons (Fsp3) is 0.308. The van der Waals surface area contributed by atoms with Gasteiger partial charge in [0, 0.05) is 19.8 Å². The number of nitrogen functional groups attached to an aromatic ring is 1. The highest BCUT2D eigenvalue weighted by molar-refractivity contribution is 5.72. The number of nitrogens with one attached hydrogen (secondary N) is 1. The van der Waals surface area contributed by atoms with E-state index in [1.54, 1.807) is 11.8 Å². The van der Waals surface area contributed by atoms with Crippen LogP contribution in [0.4, 0.5) is 11.4 Å². The quantitative estimate of drug-likeness (QED) is 0.788. The molecule has 1 heterocycles. The van der Waals surface area contributed by atoms with E-state index in [9.17, 15) is 0 Å². The molecule has 0 spiro atoms. The molecule has 0 radical (unpaired) electrons. The first-order valence-electron chi connectivity index (χ1n) is 5.84. The lowest BCUT2D eigenvalue weighted by Crippen LogP contribution is -2.07. The molecule has 0 aliphatic rings. The van der Waals surface area contributed by atoms with E-state index in [-0.39, 0.29) is 0 Å². The standard InChI is InChI=1S/C13H18N4O/c1-17-9-10(8-16-17)6-7-15-11-4-3-5-12(18-2)13(11)14/h3-5,8-9,15H,6-7,14H2,1-2H3. The Morgan fingerprint density at radius 2 is 2.28 bits per heavy atom. The number of hydrogen-bond acceptors (Lipinski definition) is 4. The summed E-state index contributed by atoms with van der Waals surface area (Å²) in [7, 11) is 3.53. The number of rotatable bonds is 5. The highest BCUT2D eigenvalue weighted by atomic mass is 16.5. The van der Waals surface area contributed by atoms with Gasteiger partial charge in [0.2, 0.25) is 0 Å². The molecular weight excluding hydrogens is 228 g/mol. The Morgan fingerprint density at radius 1 is 1.44 bits per heavy atom. The Balaban J connectivity index is 1.94. The summed E-state index contributed by atoms with van der Waals surface area (Å²) in [5.41, 5.74) is 8.72. The zero-order valence-corrected chi connectivity index (χ0v) is 10.7. The van der Waals surface area contributed by atoms with Crippen molar-refractivity contribution < 1.29 is 4.74 Å². The molecule has 0 bridgehead atoms. The van der Waals surface area contributed by atoms with Crippen LogP contribution < -0.4 is 15.8 Å². The fourth-order valence-corrected chi connectivity index (χ4v) is 1.82. The normalized spacial score (nSPS) is 10.3. The summed E-state index contributed by atoms with van der Waals surface area (Å²) in [5, 5.41) is 7.43. The molecule has 1 aromatic carbocycles. The summed E-state index contributed by atoms with van der Waals surface area (Å²) in [6.07, 6.45) is 4.79.